The van der Waals surface area contributed by atoms with E-state index in [0.29, 0.717) is 19.7 Å². The molecule has 1 aromatic rings. The fourth-order valence-electron chi connectivity index (χ4n) is 2.21. The van der Waals surface area contributed by atoms with Gasteiger partial charge in [-0.2, -0.15) is 0 Å². The molecule has 0 aromatic heterocycles. The number of rotatable bonds is 3. The second-order valence-electron chi connectivity index (χ2n) is 4.87. The maximum atomic E-state index is 12.1. The van der Waals surface area contributed by atoms with Crippen molar-refractivity contribution < 1.29 is 19.1 Å². The number of ether oxygens (including phenoxy) is 1. The normalized spacial score (nSPS) is 17.7. The van der Waals surface area contributed by atoms with E-state index in [2.05, 4.69) is 10.6 Å². The fourth-order valence-corrected chi connectivity index (χ4v) is 2.21. The van der Waals surface area contributed by atoms with Gasteiger partial charge in [0.05, 0.1) is 19.7 Å². The highest BCUT2D eigenvalue weighted by molar-refractivity contribution is 6.35. The zero-order valence-electron chi connectivity index (χ0n) is 12.4. The van der Waals surface area contributed by atoms with Crippen molar-refractivity contribution in [3.05, 3.63) is 35.9 Å². The van der Waals surface area contributed by atoms with Gasteiger partial charge >= 0.3 is 11.8 Å². The standard InChI is InChI=1S/C15H19N3O4/c1-16-14(20)15(21)17-9-13(19)18-7-8-22-12(10-18)11-5-3-2-4-6-11/h2-6,12H,7-10H2,1H3,(H,16,20)(H,17,21). The average molecular weight is 305 g/mol. The van der Waals surface area contributed by atoms with Crippen molar-refractivity contribution in [2.24, 2.45) is 0 Å². The Morgan fingerprint density at radius 3 is 2.64 bits per heavy atom. The summed E-state index contributed by atoms with van der Waals surface area (Å²) in [6.07, 6.45) is -0.173. The molecule has 2 N–H and O–H groups in total. The molecule has 0 saturated carbocycles. The molecule has 3 amide bonds. The van der Waals surface area contributed by atoms with E-state index in [1.165, 1.54) is 7.05 Å². The summed E-state index contributed by atoms with van der Waals surface area (Å²) in [4.78, 5) is 36.1. The van der Waals surface area contributed by atoms with Crippen LogP contribution in [0.2, 0.25) is 0 Å². The molecule has 0 bridgehead atoms. The van der Waals surface area contributed by atoms with Gasteiger partial charge in [-0.15, -0.1) is 0 Å². The van der Waals surface area contributed by atoms with Crippen LogP contribution in [0, 0.1) is 0 Å². The topological polar surface area (TPSA) is 87.7 Å². The van der Waals surface area contributed by atoms with E-state index in [-0.39, 0.29) is 18.6 Å². The Morgan fingerprint density at radius 2 is 1.95 bits per heavy atom. The first-order valence-electron chi connectivity index (χ1n) is 7.06. The molecule has 1 atom stereocenters. The molecule has 1 saturated heterocycles. The zero-order valence-corrected chi connectivity index (χ0v) is 12.4. The van der Waals surface area contributed by atoms with Gasteiger partial charge in [-0.3, -0.25) is 14.4 Å². The van der Waals surface area contributed by atoms with Crippen LogP contribution in [-0.4, -0.2) is 55.9 Å². The van der Waals surface area contributed by atoms with Gasteiger partial charge in [0, 0.05) is 13.6 Å². The highest BCUT2D eigenvalue weighted by Crippen LogP contribution is 2.21. The average Bonchev–Trinajstić information content (AvgIpc) is 2.59. The van der Waals surface area contributed by atoms with Gasteiger partial charge in [0.25, 0.3) is 0 Å². The Balaban J connectivity index is 1.88. The summed E-state index contributed by atoms with van der Waals surface area (Å²) >= 11 is 0. The minimum atomic E-state index is -0.816. The molecule has 1 aliphatic rings. The van der Waals surface area contributed by atoms with Crippen molar-refractivity contribution in [2.75, 3.05) is 33.3 Å². The predicted octanol–water partition coefficient (Wildman–Crippen LogP) is -0.551. The molecule has 1 fully saturated rings. The lowest BCUT2D eigenvalue weighted by Crippen LogP contribution is -2.48. The molecule has 0 aliphatic carbocycles. The van der Waals surface area contributed by atoms with Crippen LogP contribution in [-0.2, 0) is 19.1 Å². The number of nitrogens with zero attached hydrogens (tertiary/aromatic N) is 1. The van der Waals surface area contributed by atoms with Crippen LogP contribution in [0.3, 0.4) is 0 Å². The lowest BCUT2D eigenvalue weighted by Gasteiger charge is -2.33. The van der Waals surface area contributed by atoms with Gasteiger partial charge in [0.1, 0.15) is 6.10 Å². The Morgan fingerprint density at radius 1 is 1.23 bits per heavy atom. The first-order valence-corrected chi connectivity index (χ1v) is 7.06. The quantitative estimate of drug-likeness (QED) is 0.734. The summed E-state index contributed by atoms with van der Waals surface area (Å²) < 4.78 is 5.68. The molecule has 1 heterocycles. The van der Waals surface area contributed by atoms with Gasteiger partial charge < -0.3 is 20.3 Å². The molecule has 2 rings (SSSR count). The van der Waals surface area contributed by atoms with E-state index in [0.717, 1.165) is 5.56 Å². The number of amides is 3. The lowest BCUT2D eigenvalue weighted by molar-refractivity contribution is -0.142. The van der Waals surface area contributed by atoms with E-state index in [1.807, 2.05) is 30.3 Å². The number of benzene rings is 1. The number of hydrogen-bond donors (Lipinski definition) is 2. The largest absolute Gasteiger partial charge is 0.370 e. The second kappa shape index (κ2) is 7.56. The molecule has 7 heteroatoms. The highest BCUT2D eigenvalue weighted by atomic mass is 16.5. The van der Waals surface area contributed by atoms with Gasteiger partial charge in [0.15, 0.2) is 0 Å². The third-order valence-electron chi connectivity index (χ3n) is 3.42. The third-order valence-corrected chi connectivity index (χ3v) is 3.42. The number of carbonyl (C=O) groups is 3. The minimum Gasteiger partial charge on any atom is -0.370 e. The maximum absolute atomic E-state index is 12.1. The second-order valence-corrected chi connectivity index (χ2v) is 4.87. The van der Waals surface area contributed by atoms with Gasteiger partial charge in [-0.25, -0.2) is 0 Å². The molecule has 22 heavy (non-hydrogen) atoms. The molecule has 1 aliphatic heterocycles. The van der Waals surface area contributed by atoms with E-state index < -0.39 is 11.8 Å². The molecule has 118 valence electrons. The Bertz CT molecular complexity index is 547. The third kappa shape index (κ3) is 4.05. The first-order chi connectivity index (χ1) is 10.6. The SMILES string of the molecule is CNC(=O)C(=O)NCC(=O)N1CCOC(c2ccccc2)C1. The predicted molar refractivity (Wildman–Crippen MR) is 78.8 cm³/mol. The summed E-state index contributed by atoms with van der Waals surface area (Å²) in [5.74, 6) is -1.82. The fraction of sp³-hybridized carbons (Fsp3) is 0.400. The summed E-state index contributed by atoms with van der Waals surface area (Å²) in [6.45, 7) is 1.14. The van der Waals surface area contributed by atoms with E-state index in [1.54, 1.807) is 4.90 Å². The van der Waals surface area contributed by atoms with Crippen LogP contribution >= 0.6 is 0 Å². The molecule has 1 unspecified atom stereocenters. The first kappa shape index (κ1) is 16.0. The number of likely N-dealkylation sites (N-methyl/N-ethyl adjacent to an activating group) is 1. The van der Waals surface area contributed by atoms with Crippen LogP contribution in [0.15, 0.2) is 30.3 Å². The molecule has 7 nitrogen and oxygen atoms in total. The molecular formula is C15H19N3O4. The van der Waals surface area contributed by atoms with Gasteiger partial charge in [0.2, 0.25) is 5.91 Å². The van der Waals surface area contributed by atoms with Crippen molar-refractivity contribution >= 4 is 17.7 Å². The highest BCUT2D eigenvalue weighted by Gasteiger charge is 2.25. The summed E-state index contributed by atoms with van der Waals surface area (Å²) in [5.41, 5.74) is 1.01. The number of hydrogen-bond acceptors (Lipinski definition) is 4. The minimum absolute atomic E-state index is 0.173. The number of morpholine rings is 1. The lowest BCUT2D eigenvalue weighted by atomic mass is 10.1. The van der Waals surface area contributed by atoms with E-state index in [9.17, 15) is 14.4 Å². The Labute approximate surface area is 128 Å². The van der Waals surface area contributed by atoms with Gasteiger partial charge in [-0.05, 0) is 5.56 Å². The zero-order chi connectivity index (χ0) is 15.9. The van der Waals surface area contributed by atoms with Crippen molar-refractivity contribution in [2.45, 2.75) is 6.10 Å². The summed E-state index contributed by atoms with van der Waals surface area (Å²) in [6, 6.07) is 9.66. The number of carbonyl (C=O) groups excluding carboxylic acids is 3. The Kier molecular flexibility index (Phi) is 5.48. The van der Waals surface area contributed by atoms with Crippen LogP contribution in [0.5, 0.6) is 0 Å². The van der Waals surface area contributed by atoms with Crippen LogP contribution in [0.25, 0.3) is 0 Å². The summed E-state index contributed by atoms with van der Waals surface area (Å²) in [5, 5.41) is 4.50. The van der Waals surface area contributed by atoms with Gasteiger partial charge in [-0.1, -0.05) is 30.3 Å². The summed E-state index contributed by atoms with van der Waals surface area (Å²) in [7, 11) is 1.36. The van der Waals surface area contributed by atoms with Crippen LogP contribution in [0.4, 0.5) is 0 Å². The number of nitrogens with one attached hydrogen (secondary N) is 2. The Hall–Kier alpha value is -2.41. The molecular weight excluding hydrogens is 286 g/mol. The maximum Gasteiger partial charge on any atom is 0.309 e. The van der Waals surface area contributed by atoms with Crippen molar-refractivity contribution in [3.8, 4) is 0 Å². The van der Waals surface area contributed by atoms with Crippen molar-refractivity contribution in [1.82, 2.24) is 15.5 Å². The van der Waals surface area contributed by atoms with Crippen molar-refractivity contribution in [1.29, 1.82) is 0 Å². The van der Waals surface area contributed by atoms with E-state index in [4.69, 9.17) is 4.74 Å². The monoisotopic (exact) mass is 305 g/mol. The smallest absolute Gasteiger partial charge is 0.309 e. The molecule has 0 spiro atoms. The van der Waals surface area contributed by atoms with E-state index >= 15 is 0 Å². The molecule has 0 radical (unpaired) electrons. The van der Waals surface area contributed by atoms with Crippen molar-refractivity contribution in [3.63, 3.8) is 0 Å². The van der Waals surface area contributed by atoms with Crippen LogP contribution in [0.1, 0.15) is 11.7 Å². The molecule has 1 aromatic carbocycles. The van der Waals surface area contributed by atoms with Crippen LogP contribution < -0.4 is 10.6 Å².